The molecule has 0 spiro atoms. The van der Waals surface area contributed by atoms with Gasteiger partial charge in [-0.15, -0.1) is 0 Å². The number of aromatic nitrogens is 2. The second-order valence-corrected chi connectivity index (χ2v) is 5.44. The zero-order chi connectivity index (χ0) is 12.4. The molecule has 4 heteroatoms. The molecule has 1 aromatic heterocycles. The first-order valence-corrected chi connectivity index (χ1v) is 7.17. The maximum atomic E-state index is 4.54. The molecule has 2 aliphatic rings. The topological polar surface area (TPSA) is 41.1 Å². The smallest absolute Gasteiger partial charge is 0.136 e. The molecule has 1 unspecified atom stereocenters. The molecule has 0 bridgehead atoms. The summed E-state index contributed by atoms with van der Waals surface area (Å²) in [7, 11) is 0. The fourth-order valence-corrected chi connectivity index (χ4v) is 3.20. The highest BCUT2D eigenvalue weighted by Crippen LogP contribution is 2.29. The van der Waals surface area contributed by atoms with Gasteiger partial charge in [-0.3, -0.25) is 0 Å². The second-order valence-electron chi connectivity index (χ2n) is 5.44. The predicted octanol–water partition coefficient (Wildman–Crippen LogP) is 1.75. The Kier molecular flexibility index (Phi) is 3.46. The van der Waals surface area contributed by atoms with Gasteiger partial charge in [0.1, 0.15) is 12.1 Å². The fourth-order valence-electron chi connectivity index (χ4n) is 3.20. The Labute approximate surface area is 109 Å². The standard InChI is InChI=1S/C14H22N4/c1-2-3-11-5-7-18(9-11)14-12-8-15-6-4-13(12)16-10-17-14/h10-11,15H,2-9H2,1H3. The van der Waals surface area contributed by atoms with Crippen molar-refractivity contribution in [1.82, 2.24) is 15.3 Å². The lowest BCUT2D eigenvalue weighted by molar-refractivity contribution is 0.529. The summed E-state index contributed by atoms with van der Waals surface area (Å²) >= 11 is 0. The van der Waals surface area contributed by atoms with E-state index in [1.54, 1.807) is 6.33 Å². The first kappa shape index (κ1) is 11.9. The van der Waals surface area contributed by atoms with Gasteiger partial charge in [0, 0.05) is 38.2 Å². The molecule has 1 saturated heterocycles. The van der Waals surface area contributed by atoms with Crippen LogP contribution < -0.4 is 10.2 Å². The van der Waals surface area contributed by atoms with E-state index in [2.05, 4.69) is 27.1 Å². The number of rotatable bonds is 3. The molecule has 3 heterocycles. The van der Waals surface area contributed by atoms with E-state index in [9.17, 15) is 0 Å². The van der Waals surface area contributed by atoms with Crippen LogP contribution in [-0.4, -0.2) is 29.6 Å². The molecule has 98 valence electrons. The molecule has 3 rings (SSSR count). The van der Waals surface area contributed by atoms with Crippen molar-refractivity contribution in [3.8, 4) is 0 Å². The van der Waals surface area contributed by atoms with Crippen molar-refractivity contribution in [2.45, 2.75) is 39.2 Å². The number of nitrogens with one attached hydrogen (secondary N) is 1. The van der Waals surface area contributed by atoms with Gasteiger partial charge >= 0.3 is 0 Å². The van der Waals surface area contributed by atoms with Crippen LogP contribution in [0.5, 0.6) is 0 Å². The largest absolute Gasteiger partial charge is 0.356 e. The minimum atomic E-state index is 0.858. The number of nitrogens with zero attached hydrogens (tertiary/aromatic N) is 3. The van der Waals surface area contributed by atoms with Gasteiger partial charge in [-0.05, 0) is 18.8 Å². The van der Waals surface area contributed by atoms with Gasteiger partial charge in [0.25, 0.3) is 0 Å². The third kappa shape index (κ3) is 2.21. The van der Waals surface area contributed by atoms with E-state index in [-0.39, 0.29) is 0 Å². The molecule has 4 nitrogen and oxygen atoms in total. The van der Waals surface area contributed by atoms with Crippen LogP contribution >= 0.6 is 0 Å². The first-order chi connectivity index (χ1) is 8.88. The lowest BCUT2D eigenvalue weighted by atomic mass is 10.0. The summed E-state index contributed by atoms with van der Waals surface area (Å²) in [4.78, 5) is 11.4. The number of fused-ring (bicyclic) bond motifs is 1. The zero-order valence-electron chi connectivity index (χ0n) is 11.2. The van der Waals surface area contributed by atoms with E-state index in [0.717, 1.165) is 32.0 Å². The van der Waals surface area contributed by atoms with Gasteiger partial charge in [-0.25, -0.2) is 9.97 Å². The molecule has 1 N–H and O–H groups in total. The Morgan fingerprint density at radius 2 is 2.39 bits per heavy atom. The molecular weight excluding hydrogens is 224 g/mol. The van der Waals surface area contributed by atoms with Crippen molar-refractivity contribution in [1.29, 1.82) is 0 Å². The number of hydrogen-bond donors (Lipinski definition) is 1. The maximum absolute atomic E-state index is 4.54. The third-order valence-corrected chi connectivity index (χ3v) is 4.13. The molecule has 1 aromatic rings. The Balaban J connectivity index is 1.80. The highest BCUT2D eigenvalue weighted by Gasteiger charge is 2.26. The Morgan fingerprint density at radius 3 is 3.28 bits per heavy atom. The van der Waals surface area contributed by atoms with Gasteiger partial charge in [0.2, 0.25) is 0 Å². The van der Waals surface area contributed by atoms with Crippen LogP contribution in [0.3, 0.4) is 0 Å². The van der Waals surface area contributed by atoms with Crippen LogP contribution in [0.15, 0.2) is 6.33 Å². The average Bonchev–Trinajstić information content (AvgIpc) is 2.87. The molecule has 1 atom stereocenters. The normalized spacial score (nSPS) is 23.2. The molecule has 0 aliphatic carbocycles. The molecule has 0 saturated carbocycles. The van der Waals surface area contributed by atoms with Gasteiger partial charge in [0.15, 0.2) is 0 Å². The van der Waals surface area contributed by atoms with Crippen molar-refractivity contribution in [3.63, 3.8) is 0 Å². The summed E-state index contributed by atoms with van der Waals surface area (Å²) in [6.07, 6.45) is 6.74. The SMILES string of the molecule is CCCC1CCN(c2ncnc3c2CNCC3)C1. The van der Waals surface area contributed by atoms with Crippen molar-refractivity contribution in [2.24, 2.45) is 5.92 Å². The fraction of sp³-hybridized carbons (Fsp3) is 0.714. The van der Waals surface area contributed by atoms with E-state index in [0.29, 0.717) is 0 Å². The van der Waals surface area contributed by atoms with E-state index in [4.69, 9.17) is 0 Å². The van der Waals surface area contributed by atoms with E-state index >= 15 is 0 Å². The highest BCUT2D eigenvalue weighted by atomic mass is 15.2. The molecule has 0 radical (unpaired) electrons. The van der Waals surface area contributed by atoms with Gasteiger partial charge < -0.3 is 10.2 Å². The van der Waals surface area contributed by atoms with Crippen molar-refractivity contribution in [2.75, 3.05) is 24.5 Å². The molecule has 2 aliphatic heterocycles. The number of hydrogen-bond acceptors (Lipinski definition) is 4. The Hall–Kier alpha value is -1.16. The maximum Gasteiger partial charge on any atom is 0.136 e. The lowest BCUT2D eigenvalue weighted by Crippen LogP contribution is -2.30. The van der Waals surface area contributed by atoms with Crippen LogP contribution in [-0.2, 0) is 13.0 Å². The summed E-state index contributed by atoms with van der Waals surface area (Å²) in [6.45, 7) is 6.59. The van der Waals surface area contributed by atoms with E-state index in [1.165, 1.54) is 42.9 Å². The van der Waals surface area contributed by atoms with Gasteiger partial charge in [0.05, 0.1) is 5.69 Å². The quantitative estimate of drug-likeness (QED) is 0.882. The van der Waals surface area contributed by atoms with E-state index < -0.39 is 0 Å². The molecule has 0 aromatic carbocycles. The average molecular weight is 246 g/mol. The van der Waals surface area contributed by atoms with Gasteiger partial charge in [-0.1, -0.05) is 13.3 Å². The predicted molar refractivity (Wildman–Crippen MR) is 72.7 cm³/mol. The van der Waals surface area contributed by atoms with Gasteiger partial charge in [-0.2, -0.15) is 0 Å². The minimum Gasteiger partial charge on any atom is -0.356 e. The van der Waals surface area contributed by atoms with Crippen LogP contribution in [0, 0.1) is 5.92 Å². The summed E-state index contributed by atoms with van der Waals surface area (Å²) in [5.74, 6) is 2.04. The lowest BCUT2D eigenvalue weighted by Gasteiger charge is -2.24. The van der Waals surface area contributed by atoms with Crippen molar-refractivity contribution < 1.29 is 0 Å². The van der Waals surface area contributed by atoms with Crippen LogP contribution in [0.2, 0.25) is 0 Å². The summed E-state index contributed by atoms with van der Waals surface area (Å²) in [5, 5.41) is 3.43. The zero-order valence-corrected chi connectivity index (χ0v) is 11.2. The number of anilines is 1. The van der Waals surface area contributed by atoms with Crippen molar-refractivity contribution in [3.05, 3.63) is 17.6 Å². The molecule has 0 amide bonds. The molecule has 18 heavy (non-hydrogen) atoms. The summed E-state index contributed by atoms with van der Waals surface area (Å²) < 4.78 is 0. The third-order valence-electron chi connectivity index (χ3n) is 4.13. The summed E-state index contributed by atoms with van der Waals surface area (Å²) in [6, 6.07) is 0. The monoisotopic (exact) mass is 246 g/mol. The molecular formula is C14H22N4. The first-order valence-electron chi connectivity index (χ1n) is 7.17. The second kappa shape index (κ2) is 5.22. The van der Waals surface area contributed by atoms with Crippen LogP contribution in [0.25, 0.3) is 0 Å². The highest BCUT2D eigenvalue weighted by molar-refractivity contribution is 5.50. The van der Waals surface area contributed by atoms with E-state index in [1.807, 2.05) is 0 Å². The Morgan fingerprint density at radius 1 is 1.44 bits per heavy atom. The van der Waals surface area contributed by atoms with Crippen molar-refractivity contribution >= 4 is 5.82 Å². The van der Waals surface area contributed by atoms with Crippen LogP contribution in [0.1, 0.15) is 37.4 Å². The summed E-state index contributed by atoms with van der Waals surface area (Å²) in [5.41, 5.74) is 2.58. The molecule has 1 fully saturated rings. The Bertz CT molecular complexity index is 418. The van der Waals surface area contributed by atoms with Crippen LogP contribution in [0.4, 0.5) is 5.82 Å². The minimum absolute atomic E-state index is 0.858.